The van der Waals surface area contributed by atoms with Crippen LogP contribution in [0.1, 0.15) is 24.2 Å². The fourth-order valence-corrected chi connectivity index (χ4v) is 3.88. The number of hydrogen-bond donors (Lipinski definition) is 0. The zero-order valence-electron chi connectivity index (χ0n) is 14.8. The van der Waals surface area contributed by atoms with Gasteiger partial charge in [-0.1, -0.05) is 6.07 Å². The number of ether oxygens (including phenoxy) is 1. The second-order valence-electron chi connectivity index (χ2n) is 7.12. The zero-order valence-corrected chi connectivity index (χ0v) is 14.8. The first-order valence-electron chi connectivity index (χ1n) is 9.04. The molecule has 0 bridgehead atoms. The molecule has 0 aliphatic carbocycles. The predicted octanol–water partition coefficient (Wildman–Crippen LogP) is 2.05. The highest BCUT2D eigenvalue weighted by Crippen LogP contribution is 2.31. The minimum Gasteiger partial charge on any atom is -0.370 e. The Balaban J connectivity index is 1.45. The quantitative estimate of drug-likeness (QED) is 0.853. The predicted molar refractivity (Wildman–Crippen MR) is 96.4 cm³/mol. The SMILES string of the molecule is Cc1ccc(N2CCC[C@@]3(CN(Cc4ccccn4)CCO3)C2)nn1. The van der Waals surface area contributed by atoms with Crippen molar-refractivity contribution in [2.45, 2.75) is 31.9 Å². The fourth-order valence-electron chi connectivity index (χ4n) is 3.88. The summed E-state index contributed by atoms with van der Waals surface area (Å²) in [5, 5.41) is 8.57. The number of aromatic nitrogens is 3. The van der Waals surface area contributed by atoms with Gasteiger partial charge in [-0.25, -0.2) is 0 Å². The smallest absolute Gasteiger partial charge is 0.151 e. The fraction of sp³-hybridized carbons (Fsp3) is 0.526. The molecule has 2 aliphatic heterocycles. The van der Waals surface area contributed by atoms with E-state index in [1.54, 1.807) is 0 Å². The molecule has 0 saturated carbocycles. The minimum atomic E-state index is -0.113. The molecule has 0 N–H and O–H groups in total. The van der Waals surface area contributed by atoms with Gasteiger partial charge >= 0.3 is 0 Å². The van der Waals surface area contributed by atoms with Crippen molar-refractivity contribution in [2.24, 2.45) is 0 Å². The van der Waals surface area contributed by atoms with Gasteiger partial charge in [0.15, 0.2) is 5.82 Å². The highest BCUT2D eigenvalue weighted by molar-refractivity contribution is 5.38. The lowest BCUT2D eigenvalue weighted by molar-refractivity contribution is -0.116. The van der Waals surface area contributed by atoms with E-state index in [0.717, 1.165) is 69.4 Å². The molecule has 0 radical (unpaired) electrons. The van der Waals surface area contributed by atoms with Gasteiger partial charge in [0, 0.05) is 38.9 Å². The topological polar surface area (TPSA) is 54.4 Å². The van der Waals surface area contributed by atoms with E-state index in [1.807, 2.05) is 25.3 Å². The van der Waals surface area contributed by atoms with Gasteiger partial charge in [0.25, 0.3) is 0 Å². The molecule has 2 fully saturated rings. The third-order valence-electron chi connectivity index (χ3n) is 5.09. The van der Waals surface area contributed by atoms with Gasteiger partial charge in [0.2, 0.25) is 0 Å². The third-order valence-corrected chi connectivity index (χ3v) is 5.09. The van der Waals surface area contributed by atoms with Crippen LogP contribution in [0.3, 0.4) is 0 Å². The molecular weight excluding hydrogens is 314 g/mol. The maximum absolute atomic E-state index is 6.30. The first-order valence-corrected chi connectivity index (χ1v) is 9.04. The molecule has 0 amide bonds. The van der Waals surface area contributed by atoms with Crippen LogP contribution in [0.25, 0.3) is 0 Å². The molecule has 2 aromatic heterocycles. The van der Waals surface area contributed by atoms with Crippen LogP contribution in [0, 0.1) is 6.92 Å². The normalized spacial score (nSPS) is 24.6. The summed E-state index contributed by atoms with van der Waals surface area (Å²) in [6.07, 6.45) is 4.08. The molecule has 2 saturated heterocycles. The van der Waals surface area contributed by atoms with Crippen LogP contribution < -0.4 is 4.90 Å². The average molecular weight is 339 g/mol. The Morgan fingerprint density at radius 3 is 2.88 bits per heavy atom. The zero-order chi connectivity index (χ0) is 17.1. The first-order chi connectivity index (χ1) is 12.2. The van der Waals surface area contributed by atoms with E-state index in [1.165, 1.54) is 0 Å². The van der Waals surface area contributed by atoms with Gasteiger partial charge in [0.05, 0.1) is 23.6 Å². The largest absolute Gasteiger partial charge is 0.370 e. The van der Waals surface area contributed by atoms with Crippen molar-refractivity contribution in [2.75, 3.05) is 37.7 Å². The third kappa shape index (κ3) is 3.80. The Morgan fingerprint density at radius 1 is 1.12 bits per heavy atom. The van der Waals surface area contributed by atoms with E-state index in [0.29, 0.717) is 0 Å². The van der Waals surface area contributed by atoms with Crippen molar-refractivity contribution >= 4 is 5.82 Å². The lowest BCUT2D eigenvalue weighted by Gasteiger charge is -2.48. The highest BCUT2D eigenvalue weighted by Gasteiger charge is 2.41. The molecule has 0 aromatic carbocycles. The van der Waals surface area contributed by atoms with Crippen molar-refractivity contribution in [1.82, 2.24) is 20.1 Å². The molecular formula is C19H25N5O. The molecule has 132 valence electrons. The Kier molecular flexibility index (Phi) is 4.63. The number of morpholine rings is 1. The van der Waals surface area contributed by atoms with Crippen LogP contribution >= 0.6 is 0 Å². The summed E-state index contributed by atoms with van der Waals surface area (Å²) >= 11 is 0. The summed E-state index contributed by atoms with van der Waals surface area (Å²) in [7, 11) is 0. The number of rotatable bonds is 3. The Labute approximate surface area is 148 Å². The standard InChI is InChI=1S/C19H25N5O/c1-16-6-7-18(22-21-16)24-10-4-8-19(15-24)14-23(11-12-25-19)13-17-5-2-3-9-20-17/h2-3,5-7,9H,4,8,10-15H2,1H3/t19-/m1/s1. The molecule has 0 unspecified atom stereocenters. The van der Waals surface area contributed by atoms with Gasteiger partial charge in [-0.3, -0.25) is 9.88 Å². The average Bonchev–Trinajstić information content (AvgIpc) is 2.63. The molecule has 1 spiro atoms. The number of aryl methyl sites for hydroxylation is 1. The summed E-state index contributed by atoms with van der Waals surface area (Å²) < 4.78 is 6.30. The molecule has 6 heteroatoms. The van der Waals surface area contributed by atoms with E-state index in [4.69, 9.17) is 4.74 Å². The molecule has 2 aliphatic rings. The number of pyridine rings is 1. The van der Waals surface area contributed by atoms with Gasteiger partial charge < -0.3 is 9.64 Å². The minimum absolute atomic E-state index is 0.113. The lowest BCUT2D eigenvalue weighted by Crippen LogP contribution is -2.59. The summed E-state index contributed by atoms with van der Waals surface area (Å²) in [6, 6.07) is 10.2. The maximum atomic E-state index is 6.30. The van der Waals surface area contributed by atoms with Gasteiger partial charge in [-0.15, -0.1) is 5.10 Å². The maximum Gasteiger partial charge on any atom is 0.151 e. The van der Waals surface area contributed by atoms with Crippen LogP contribution in [-0.2, 0) is 11.3 Å². The Bertz CT molecular complexity index is 689. The summed E-state index contributed by atoms with van der Waals surface area (Å²) in [6.45, 7) is 7.43. The molecule has 6 nitrogen and oxygen atoms in total. The van der Waals surface area contributed by atoms with Gasteiger partial charge in [-0.2, -0.15) is 5.10 Å². The van der Waals surface area contributed by atoms with Crippen molar-refractivity contribution < 1.29 is 4.74 Å². The Morgan fingerprint density at radius 2 is 2.08 bits per heavy atom. The monoisotopic (exact) mass is 339 g/mol. The summed E-state index contributed by atoms with van der Waals surface area (Å²) in [5.41, 5.74) is 1.96. The lowest BCUT2D eigenvalue weighted by atomic mass is 9.90. The van der Waals surface area contributed by atoms with Crippen molar-refractivity contribution in [3.63, 3.8) is 0 Å². The highest BCUT2D eigenvalue weighted by atomic mass is 16.5. The van der Waals surface area contributed by atoms with E-state index in [-0.39, 0.29) is 5.60 Å². The van der Waals surface area contributed by atoms with Gasteiger partial charge in [0.1, 0.15) is 0 Å². The molecule has 1 atom stereocenters. The van der Waals surface area contributed by atoms with Crippen molar-refractivity contribution in [3.8, 4) is 0 Å². The van der Waals surface area contributed by atoms with Crippen molar-refractivity contribution in [3.05, 3.63) is 47.9 Å². The first kappa shape index (κ1) is 16.4. The number of nitrogens with zero attached hydrogens (tertiary/aromatic N) is 5. The molecule has 2 aromatic rings. The van der Waals surface area contributed by atoms with Crippen molar-refractivity contribution in [1.29, 1.82) is 0 Å². The van der Waals surface area contributed by atoms with E-state index in [9.17, 15) is 0 Å². The van der Waals surface area contributed by atoms with E-state index >= 15 is 0 Å². The molecule has 4 rings (SSSR count). The number of anilines is 1. The summed E-state index contributed by atoms with van der Waals surface area (Å²) in [4.78, 5) is 9.25. The molecule has 25 heavy (non-hydrogen) atoms. The second-order valence-corrected chi connectivity index (χ2v) is 7.12. The van der Waals surface area contributed by atoms with E-state index in [2.05, 4.69) is 43.2 Å². The van der Waals surface area contributed by atoms with Crippen LogP contribution in [0.4, 0.5) is 5.82 Å². The van der Waals surface area contributed by atoms with Crippen LogP contribution in [0.5, 0.6) is 0 Å². The second kappa shape index (κ2) is 7.06. The molecule has 4 heterocycles. The summed E-state index contributed by atoms with van der Waals surface area (Å²) in [5.74, 6) is 0.954. The van der Waals surface area contributed by atoms with Crippen LogP contribution in [0.15, 0.2) is 36.5 Å². The van der Waals surface area contributed by atoms with Crippen LogP contribution in [-0.4, -0.2) is 58.5 Å². The van der Waals surface area contributed by atoms with Crippen LogP contribution in [0.2, 0.25) is 0 Å². The van der Waals surface area contributed by atoms with E-state index < -0.39 is 0 Å². The Hall–Kier alpha value is -2.05. The van der Waals surface area contributed by atoms with Gasteiger partial charge in [-0.05, 0) is 44.0 Å². The number of hydrogen-bond acceptors (Lipinski definition) is 6. The number of piperidine rings is 1.